The molecule has 0 spiro atoms. The van der Waals surface area contributed by atoms with E-state index in [2.05, 4.69) is 5.32 Å². The Kier molecular flexibility index (Phi) is 7.65. The average Bonchev–Trinajstić information content (AvgIpc) is 2.64. The minimum atomic E-state index is -3.90. The van der Waals surface area contributed by atoms with Gasteiger partial charge in [-0.1, -0.05) is 29.8 Å². The minimum absolute atomic E-state index is 0.0798. The van der Waals surface area contributed by atoms with Crippen LogP contribution in [0.4, 0.5) is 5.69 Å². The lowest BCUT2D eigenvalue weighted by Gasteiger charge is -2.24. The Morgan fingerprint density at radius 1 is 1.04 bits per heavy atom. The Labute approximate surface area is 165 Å². The molecule has 8 heteroatoms. The minimum Gasteiger partial charge on any atom is -0.354 e. The second-order valence-corrected chi connectivity index (χ2v) is 8.61. The number of benzene rings is 2. The van der Waals surface area contributed by atoms with Crippen molar-refractivity contribution in [2.45, 2.75) is 11.3 Å². The van der Waals surface area contributed by atoms with Crippen molar-refractivity contribution in [1.82, 2.24) is 10.2 Å². The zero-order valence-corrected chi connectivity index (χ0v) is 17.0. The lowest BCUT2D eigenvalue weighted by atomic mass is 10.3. The molecule has 0 aliphatic carbocycles. The Bertz CT molecular complexity index is 840. The zero-order valence-electron chi connectivity index (χ0n) is 15.4. The lowest BCUT2D eigenvalue weighted by Crippen LogP contribution is -2.41. The zero-order chi connectivity index (χ0) is 19.9. The molecule has 0 aromatic heterocycles. The summed E-state index contributed by atoms with van der Waals surface area (Å²) in [6.07, 6.45) is 0.786. The van der Waals surface area contributed by atoms with Gasteiger partial charge in [0.2, 0.25) is 5.91 Å². The third-order valence-corrected chi connectivity index (χ3v) is 5.88. The summed E-state index contributed by atoms with van der Waals surface area (Å²) in [6.45, 7) is 1.03. The van der Waals surface area contributed by atoms with Crippen molar-refractivity contribution >= 4 is 33.2 Å². The highest BCUT2D eigenvalue weighted by Gasteiger charge is 2.27. The van der Waals surface area contributed by atoms with Crippen LogP contribution in [0.1, 0.15) is 6.42 Å². The molecule has 0 atom stereocenters. The number of sulfonamides is 1. The van der Waals surface area contributed by atoms with E-state index in [1.165, 1.54) is 24.3 Å². The number of para-hydroxylation sites is 1. The fourth-order valence-corrected chi connectivity index (χ4v) is 4.00. The standard InChI is InChI=1S/C19H24ClN3O3S/c1-22(2)14-6-13-21-19(24)15-23(17-7-4-3-5-8-17)27(25,26)18-11-9-16(20)10-12-18/h3-5,7-12H,6,13-15H2,1-2H3,(H,21,24). The van der Waals surface area contributed by atoms with Gasteiger partial charge in [-0.3, -0.25) is 9.10 Å². The first-order valence-corrected chi connectivity index (χ1v) is 10.4. The van der Waals surface area contributed by atoms with Crippen LogP contribution in [0.2, 0.25) is 5.02 Å². The molecule has 0 bridgehead atoms. The molecule has 2 aromatic carbocycles. The van der Waals surface area contributed by atoms with Crippen LogP contribution in [-0.2, 0) is 14.8 Å². The third kappa shape index (κ3) is 6.23. The fourth-order valence-electron chi connectivity index (χ4n) is 2.45. The van der Waals surface area contributed by atoms with Crippen LogP contribution in [-0.4, -0.2) is 53.0 Å². The van der Waals surface area contributed by atoms with E-state index >= 15 is 0 Å². The third-order valence-electron chi connectivity index (χ3n) is 3.84. The molecule has 0 saturated carbocycles. The van der Waals surface area contributed by atoms with Gasteiger partial charge < -0.3 is 10.2 Å². The topological polar surface area (TPSA) is 69.7 Å². The number of nitrogens with zero attached hydrogens (tertiary/aromatic N) is 2. The van der Waals surface area contributed by atoms with Gasteiger partial charge in [0.05, 0.1) is 10.6 Å². The van der Waals surface area contributed by atoms with E-state index in [1.807, 2.05) is 19.0 Å². The average molecular weight is 410 g/mol. The Hall–Kier alpha value is -2.09. The predicted octanol–water partition coefficient (Wildman–Crippen LogP) is 2.60. The summed E-state index contributed by atoms with van der Waals surface area (Å²) < 4.78 is 27.3. The van der Waals surface area contributed by atoms with Crippen LogP contribution in [0.5, 0.6) is 0 Å². The summed E-state index contributed by atoms with van der Waals surface area (Å²) >= 11 is 5.86. The van der Waals surface area contributed by atoms with E-state index in [0.29, 0.717) is 17.3 Å². The van der Waals surface area contributed by atoms with Crippen molar-refractivity contribution in [1.29, 1.82) is 0 Å². The number of amides is 1. The number of carbonyl (C=O) groups excluding carboxylic acids is 1. The van der Waals surface area contributed by atoms with Crippen molar-refractivity contribution in [2.24, 2.45) is 0 Å². The molecular formula is C19H24ClN3O3S. The van der Waals surface area contributed by atoms with Crippen molar-refractivity contribution in [3.8, 4) is 0 Å². The number of carbonyl (C=O) groups is 1. The van der Waals surface area contributed by atoms with Gasteiger partial charge in [0.15, 0.2) is 0 Å². The molecule has 0 saturated heterocycles. The molecule has 0 radical (unpaired) electrons. The van der Waals surface area contributed by atoms with Crippen molar-refractivity contribution in [3.05, 3.63) is 59.6 Å². The first-order valence-electron chi connectivity index (χ1n) is 8.55. The summed E-state index contributed by atoms with van der Waals surface area (Å²) in [7, 11) is 0.00765. The number of halogens is 1. The fraction of sp³-hybridized carbons (Fsp3) is 0.316. The van der Waals surface area contributed by atoms with Crippen molar-refractivity contribution in [2.75, 3.05) is 38.0 Å². The maximum Gasteiger partial charge on any atom is 0.264 e. The van der Waals surface area contributed by atoms with Crippen LogP contribution < -0.4 is 9.62 Å². The lowest BCUT2D eigenvalue weighted by molar-refractivity contribution is -0.119. The van der Waals surface area contributed by atoms with E-state index in [9.17, 15) is 13.2 Å². The van der Waals surface area contributed by atoms with E-state index in [4.69, 9.17) is 11.6 Å². The summed E-state index contributed by atoms with van der Waals surface area (Å²) in [5.41, 5.74) is 0.427. The quantitative estimate of drug-likeness (QED) is 0.646. The van der Waals surface area contributed by atoms with Crippen LogP contribution in [0.3, 0.4) is 0 Å². The molecule has 2 aromatic rings. The molecule has 27 heavy (non-hydrogen) atoms. The Balaban J connectivity index is 2.20. The second kappa shape index (κ2) is 9.73. The van der Waals surface area contributed by atoms with E-state index in [1.54, 1.807) is 30.3 Å². The molecule has 0 heterocycles. The van der Waals surface area contributed by atoms with Crippen LogP contribution in [0.25, 0.3) is 0 Å². The normalized spacial score (nSPS) is 11.4. The number of rotatable bonds is 9. The van der Waals surface area contributed by atoms with Crippen LogP contribution in [0, 0.1) is 0 Å². The van der Waals surface area contributed by atoms with Gasteiger partial charge in [-0.2, -0.15) is 0 Å². The monoisotopic (exact) mass is 409 g/mol. The molecule has 0 fully saturated rings. The molecule has 0 aliphatic heterocycles. The Morgan fingerprint density at radius 3 is 2.26 bits per heavy atom. The first-order chi connectivity index (χ1) is 12.8. The number of hydrogen-bond donors (Lipinski definition) is 1. The molecule has 1 amide bonds. The molecule has 0 aliphatic rings. The summed E-state index contributed by atoms with van der Waals surface area (Å²) in [4.78, 5) is 14.5. The Morgan fingerprint density at radius 2 is 1.67 bits per heavy atom. The van der Waals surface area contributed by atoms with Crippen molar-refractivity contribution < 1.29 is 13.2 Å². The molecule has 6 nitrogen and oxygen atoms in total. The van der Waals surface area contributed by atoms with Gasteiger partial charge in [0.1, 0.15) is 6.54 Å². The van der Waals surface area contributed by atoms with Gasteiger partial charge >= 0.3 is 0 Å². The molecule has 146 valence electrons. The number of anilines is 1. The van der Waals surface area contributed by atoms with Crippen molar-refractivity contribution in [3.63, 3.8) is 0 Å². The molecular weight excluding hydrogens is 386 g/mol. The maximum absolute atomic E-state index is 13.1. The highest BCUT2D eigenvalue weighted by molar-refractivity contribution is 7.92. The van der Waals surface area contributed by atoms with Gasteiger partial charge in [0.25, 0.3) is 10.0 Å². The van der Waals surface area contributed by atoms with Gasteiger partial charge in [0, 0.05) is 11.6 Å². The number of nitrogens with one attached hydrogen (secondary N) is 1. The first kappa shape index (κ1) is 21.2. The molecule has 2 rings (SSSR count). The number of hydrogen-bond acceptors (Lipinski definition) is 4. The van der Waals surface area contributed by atoms with Crippen LogP contribution >= 0.6 is 11.6 Å². The van der Waals surface area contributed by atoms with Gasteiger partial charge in [-0.05, 0) is 63.5 Å². The largest absolute Gasteiger partial charge is 0.354 e. The van der Waals surface area contributed by atoms with E-state index < -0.39 is 10.0 Å². The maximum atomic E-state index is 13.1. The summed E-state index contributed by atoms with van der Waals surface area (Å²) in [5.74, 6) is -0.352. The SMILES string of the molecule is CN(C)CCCNC(=O)CN(c1ccccc1)S(=O)(=O)c1ccc(Cl)cc1. The molecule has 0 unspecified atom stereocenters. The molecule has 1 N–H and O–H groups in total. The van der Waals surface area contributed by atoms with E-state index in [0.717, 1.165) is 17.3 Å². The predicted molar refractivity (Wildman–Crippen MR) is 109 cm³/mol. The summed E-state index contributed by atoms with van der Waals surface area (Å²) in [5, 5.41) is 3.22. The van der Waals surface area contributed by atoms with Gasteiger partial charge in [-0.25, -0.2) is 8.42 Å². The smallest absolute Gasteiger partial charge is 0.264 e. The summed E-state index contributed by atoms with van der Waals surface area (Å²) in [6, 6.07) is 14.5. The van der Waals surface area contributed by atoms with Crippen LogP contribution in [0.15, 0.2) is 59.5 Å². The second-order valence-electron chi connectivity index (χ2n) is 6.31. The highest BCUT2D eigenvalue weighted by atomic mass is 35.5. The highest BCUT2D eigenvalue weighted by Crippen LogP contribution is 2.24. The van der Waals surface area contributed by atoms with Gasteiger partial charge in [-0.15, -0.1) is 0 Å². The van der Waals surface area contributed by atoms with E-state index in [-0.39, 0.29) is 17.3 Å².